The van der Waals surface area contributed by atoms with Crippen LogP contribution in [0.2, 0.25) is 5.02 Å². The lowest BCUT2D eigenvalue weighted by Crippen LogP contribution is -2.39. The van der Waals surface area contributed by atoms with E-state index >= 15 is 0 Å². The number of aromatic amines is 1. The standard InChI is InChI=1S/C26H35ClN4O4/c1-5-31(20-8-6-18(7-9-20)14-35-26(28)34)23-12-19(27)11-21(17(23)4)24(32)29-13-22-15(2)10-16(3)30-25(22)33/h10-12,18,20H,5-9,13-14H2,1-4H3,(H2,28,34)(H,29,32)(H,30,33)/t18-,20-. The van der Waals surface area contributed by atoms with Crippen LogP contribution in [-0.2, 0) is 11.3 Å². The van der Waals surface area contributed by atoms with Crippen LogP contribution in [0, 0.1) is 26.7 Å². The minimum Gasteiger partial charge on any atom is -0.449 e. The predicted octanol–water partition coefficient (Wildman–Crippen LogP) is 4.36. The maximum Gasteiger partial charge on any atom is 0.404 e. The molecule has 0 saturated heterocycles. The second-order valence-electron chi connectivity index (χ2n) is 9.31. The van der Waals surface area contributed by atoms with E-state index in [0.717, 1.165) is 54.7 Å². The van der Waals surface area contributed by atoms with Crippen LogP contribution in [0.3, 0.4) is 0 Å². The lowest BCUT2D eigenvalue weighted by molar-refractivity contribution is 0.0950. The van der Waals surface area contributed by atoms with Gasteiger partial charge >= 0.3 is 6.09 Å². The Balaban J connectivity index is 1.75. The maximum atomic E-state index is 13.1. The van der Waals surface area contributed by atoms with Gasteiger partial charge in [0.15, 0.2) is 0 Å². The molecule has 0 unspecified atom stereocenters. The third kappa shape index (κ3) is 6.57. The fraction of sp³-hybridized carbons (Fsp3) is 0.500. The van der Waals surface area contributed by atoms with Crippen LogP contribution >= 0.6 is 11.6 Å². The molecule has 1 aliphatic rings. The maximum absolute atomic E-state index is 13.1. The van der Waals surface area contributed by atoms with Crippen LogP contribution in [0.5, 0.6) is 0 Å². The van der Waals surface area contributed by atoms with Gasteiger partial charge < -0.3 is 25.7 Å². The summed E-state index contributed by atoms with van der Waals surface area (Å²) in [6.45, 7) is 8.98. The van der Waals surface area contributed by atoms with Crippen molar-refractivity contribution in [3.63, 3.8) is 0 Å². The Labute approximate surface area is 211 Å². The zero-order valence-corrected chi connectivity index (χ0v) is 21.6. The number of halogens is 1. The zero-order valence-electron chi connectivity index (χ0n) is 20.9. The van der Waals surface area contributed by atoms with Gasteiger partial charge in [0.1, 0.15) is 0 Å². The minimum absolute atomic E-state index is 0.135. The molecule has 2 aromatic rings. The number of carbonyl (C=O) groups is 2. The average molecular weight is 503 g/mol. The Morgan fingerprint density at radius 2 is 1.86 bits per heavy atom. The van der Waals surface area contributed by atoms with E-state index in [1.54, 1.807) is 6.07 Å². The molecule has 0 atom stereocenters. The molecule has 0 bridgehead atoms. The smallest absolute Gasteiger partial charge is 0.404 e. The number of benzene rings is 1. The topological polar surface area (TPSA) is 118 Å². The van der Waals surface area contributed by atoms with Crippen LogP contribution in [0.4, 0.5) is 10.5 Å². The van der Waals surface area contributed by atoms with E-state index in [-0.39, 0.29) is 18.0 Å². The Morgan fingerprint density at radius 3 is 2.46 bits per heavy atom. The molecule has 1 heterocycles. The van der Waals surface area contributed by atoms with Crippen LogP contribution in [0.25, 0.3) is 0 Å². The number of aromatic nitrogens is 1. The summed E-state index contributed by atoms with van der Waals surface area (Å²) >= 11 is 6.46. The van der Waals surface area contributed by atoms with Crippen LogP contribution in [0.1, 0.15) is 65.3 Å². The molecule has 1 aliphatic carbocycles. The number of primary amides is 1. The first kappa shape index (κ1) is 26.6. The molecular weight excluding hydrogens is 468 g/mol. The van der Waals surface area contributed by atoms with Crippen molar-refractivity contribution in [2.75, 3.05) is 18.1 Å². The monoisotopic (exact) mass is 502 g/mol. The van der Waals surface area contributed by atoms with Crippen LogP contribution in [-0.4, -0.2) is 36.2 Å². The molecule has 0 aliphatic heterocycles. The van der Waals surface area contributed by atoms with Gasteiger partial charge in [-0.15, -0.1) is 0 Å². The number of H-pyrrole nitrogens is 1. The van der Waals surface area contributed by atoms with Crippen molar-refractivity contribution in [3.05, 3.63) is 61.5 Å². The van der Waals surface area contributed by atoms with E-state index in [4.69, 9.17) is 22.1 Å². The number of nitrogens with two attached hydrogens (primary N) is 1. The summed E-state index contributed by atoms with van der Waals surface area (Å²) in [6, 6.07) is 5.77. The quantitative estimate of drug-likeness (QED) is 0.495. The van der Waals surface area contributed by atoms with E-state index in [1.807, 2.05) is 32.9 Å². The van der Waals surface area contributed by atoms with Gasteiger partial charge in [-0.3, -0.25) is 9.59 Å². The summed E-state index contributed by atoms with van der Waals surface area (Å²) < 4.78 is 4.98. The van der Waals surface area contributed by atoms with Gasteiger partial charge in [0, 0.05) is 46.7 Å². The third-order valence-corrected chi connectivity index (χ3v) is 7.10. The Kier molecular flexibility index (Phi) is 8.83. The van der Waals surface area contributed by atoms with Crippen LogP contribution < -0.4 is 21.5 Å². The van der Waals surface area contributed by atoms with Gasteiger partial charge in [-0.25, -0.2) is 4.79 Å². The molecular formula is C26H35ClN4O4. The highest BCUT2D eigenvalue weighted by molar-refractivity contribution is 6.31. The minimum atomic E-state index is -0.732. The molecule has 0 spiro atoms. The van der Waals surface area contributed by atoms with Crippen molar-refractivity contribution in [1.82, 2.24) is 10.3 Å². The highest BCUT2D eigenvalue weighted by atomic mass is 35.5. The molecule has 0 radical (unpaired) electrons. The van der Waals surface area contributed by atoms with Crippen molar-refractivity contribution in [1.29, 1.82) is 0 Å². The highest BCUT2D eigenvalue weighted by Crippen LogP contribution is 2.35. The number of hydrogen-bond acceptors (Lipinski definition) is 5. The predicted molar refractivity (Wildman–Crippen MR) is 138 cm³/mol. The van der Waals surface area contributed by atoms with Gasteiger partial charge in [-0.2, -0.15) is 0 Å². The van der Waals surface area contributed by atoms with Crippen molar-refractivity contribution >= 4 is 29.3 Å². The average Bonchev–Trinajstić information content (AvgIpc) is 2.80. The van der Waals surface area contributed by atoms with Crippen molar-refractivity contribution < 1.29 is 14.3 Å². The second-order valence-corrected chi connectivity index (χ2v) is 9.75. The fourth-order valence-electron chi connectivity index (χ4n) is 5.01. The first-order valence-electron chi connectivity index (χ1n) is 12.1. The number of rotatable bonds is 8. The third-order valence-electron chi connectivity index (χ3n) is 6.88. The second kappa shape index (κ2) is 11.6. The highest BCUT2D eigenvalue weighted by Gasteiger charge is 2.28. The first-order chi connectivity index (χ1) is 16.6. The number of anilines is 1. The molecule has 8 nitrogen and oxygen atoms in total. The molecule has 1 aromatic carbocycles. The summed E-state index contributed by atoms with van der Waals surface area (Å²) in [6.07, 6.45) is 3.04. The number of hydrogen-bond donors (Lipinski definition) is 3. The van der Waals surface area contributed by atoms with Gasteiger partial charge in [-0.05, 0) is 88.6 Å². The largest absolute Gasteiger partial charge is 0.449 e. The number of amides is 2. The van der Waals surface area contributed by atoms with Crippen molar-refractivity contribution in [3.8, 4) is 0 Å². The van der Waals surface area contributed by atoms with Gasteiger partial charge in [-0.1, -0.05) is 11.6 Å². The van der Waals surface area contributed by atoms with Gasteiger partial charge in [0.2, 0.25) is 0 Å². The number of ether oxygens (including phenoxy) is 1. The summed E-state index contributed by atoms with van der Waals surface area (Å²) in [5.41, 5.74) is 9.34. The molecule has 1 fully saturated rings. The van der Waals surface area contributed by atoms with E-state index < -0.39 is 6.09 Å². The van der Waals surface area contributed by atoms with Crippen LogP contribution in [0.15, 0.2) is 23.0 Å². The van der Waals surface area contributed by atoms with E-state index in [2.05, 4.69) is 22.1 Å². The summed E-state index contributed by atoms with van der Waals surface area (Å²) in [4.78, 5) is 41.4. The Hall–Kier alpha value is -3.00. The molecule has 35 heavy (non-hydrogen) atoms. The Morgan fingerprint density at radius 1 is 1.17 bits per heavy atom. The first-order valence-corrected chi connectivity index (χ1v) is 12.4. The van der Waals surface area contributed by atoms with Crippen molar-refractivity contribution in [2.45, 2.75) is 66.0 Å². The molecule has 2 amide bonds. The van der Waals surface area contributed by atoms with Crippen molar-refractivity contribution in [2.24, 2.45) is 11.7 Å². The summed E-state index contributed by atoms with van der Waals surface area (Å²) in [5, 5.41) is 3.38. The summed E-state index contributed by atoms with van der Waals surface area (Å²) in [7, 11) is 0. The van der Waals surface area contributed by atoms with Gasteiger partial charge in [0.05, 0.1) is 6.61 Å². The Bertz CT molecular complexity index is 1140. The molecule has 4 N–H and O–H groups in total. The van der Waals surface area contributed by atoms with E-state index in [0.29, 0.717) is 34.7 Å². The molecule has 1 saturated carbocycles. The SMILES string of the molecule is CCN(c1cc(Cl)cc(C(=O)NCc2c(C)cc(C)[nH]c2=O)c1C)[C@H]1CC[C@H](COC(N)=O)CC1. The molecule has 3 rings (SSSR count). The zero-order chi connectivity index (χ0) is 25.7. The summed E-state index contributed by atoms with van der Waals surface area (Å²) in [5.74, 6) is 0.0432. The normalized spacial score (nSPS) is 17.6. The lowest BCUT2D eigenvalue weighted by atomic mass is 9.85. The number of carbonyl (C=O) groups excluding carboxylic acids is 2. The lowest BCUT2D eigenvalue weighted by Gasteiger charge is -2.38. The number of pyridine rings is 1. The fourth-order valence-corrected chi connectivity index (χ4v) is 5.22. The molecule has 190 valence electrons. The molecule has 9 heteroatoms. The van der Waals surface area contributed by atoms with Gasteiger partial charge in [0.25, 0.3) is 11.5 Å². The number of aryl methyl sites for hydroxylation is 2. The number of nitrogens with zero attached hydrogens (tertiary/aromatic N) is 1. The van der Waals surface area contributed by atoms with E-state index in [1.165, 1.54) is 0 Å². The molecule has 1 aromatic heterocycles. The number of nitrogens with one attached hydrogen (secondary N) is 2. The van der Waals surface area contributed by atoms with E-state index in [9.17, 15) is 14.4 Å².